The third-order valence-corrected chi connectivity index (χ3v) is 3.83. The molecule has 1 atom stereocenters. The highest BCUT2D eigenvalue weighted by atomic mass is 35.5. The number of nitrogens with two attached hydrogens (primary N) is 1. The van der Waals surface area contributed by atoms with Gasteiger partial charge in [-0.25, -0.2) is 0 Å². The van der Waals surface area contributed by atoms with E-state index < -0.39 is 0 Å². The fourth-order valence-electron chi connectivity index (χ4n) is 2.67. The quantitative estimate of drug-likeness (QED) is 0.723. The molecule has 1 aliphatic carbocycles. The van der Waals surface area contributed by atoms with Crippen molar-refractivity contribution >= 4 is 11.6 Å². The molecule has 1 aromatic rings. The maximum atomic E-state index is 6.33. The van der Waals surface area contributed by atoms with Crippen LogP contribution in [0.2, 0.25) is 5.02 Å². The lowest BCUT2D eigenvalue weighted by Crippen LogP contribution is -2.20. The van der Waals surface area contributed by atoms with Crippen LogP contribution in [0.25, 0.3) is 0 Å². The molecule has 1 heterocycles. The monoisotopic (exact) mass is 253 g/mol. The normalized spacial score (nSPS) is 22.8. The predicted octanol–water partition coefficient (Wildman–Crippen LogP) is 2.84. The van der Waals surface area contributed by atoms with Crippen LogP contribution in [0.1, 0.15) is 36.4 Å². The van der Waals surface area contributed by atoms with Gasteiger partial charge in [0.1, 0.15) is 13.2 Å². The zero-order valence-corrected chi connectivity index (χ0v) is 10.4. The number of benzene rings is 1. The number of fused-ring (bicyclic) bond motifs is 3. The third kappa shape index (κ3) is 1.87. The number of halogens is 1. The number of hydrogen-bond acceptors (Lipinski definition) is 3. The summed E-state index contributed by atoms with van der Waals surface area (Å²) in [4.78, 5) is 0. The van der Waals surface area contributed by atoms with Gasteiger partial charge >= 0.3 is 0 Å². The number of ether oxygens (including phenoxy) is 2. The van der Waals surface area contributed by atoms with Gasteiger partial charge in [0.2, 0.25) is 0 Å². The van der Waals surface area contributed by atoms with Crippen molar-refractivity contribution in [1.82, 2.24) is 0 Å². The topological polar surface area (TPSA) is 44.5 Å². The first-order chi connectivity index (χ1) is 8.27. The summed E-state index contributed by atoms with van der Waals surface area (Å²) < 4.78 is 11.3. The fraction of sp³-hybridized carbons (Fsp3) is 0.538. The van der Waals surface area contributed by atoms with Crippen molar-refractivity contribution in [2.24, 2.45) is 5.73 Å². The van der Waals surface area contributed by atoms with Gasteiger partial charge in [0.25, 0.3) is 0 Å². The van der Waals surface area contributed by atoms with Crippen LogP contribution in [0.15, 0.2) is 6.07 Å². The minimum atomic E-state index is 0.0154. The summed E-state index contributed by atoms with van der Waals surface area (Å²) in [5, 5.41) is 0.765. The largest absolute Gasteiger partial charge is 0.486 e. The van der Waals surface area contributed by atoms with E-state index in [1.54, 1.807) is 0 Å². The van der Waals surface area contributed by atoms with Crippen LogP contribution in [-0.2, 0) is 6.42 Å². The van der Waals surface area contributed by atoms with Crippen LogP contribution in [0.4, 0.5) is 0 Å². The van der Waals surface area contributed by atoms with Crippen molar-refractivity contribution in [3.05, 3.63) is 22.2 Å². The van der Waals surface area contributed by atoms with E-state index in [1.165, 1.54) is 0 Å². The minimum Gasteiger partial charge on any atom is -0.486 e. The first kappa shape index (κ1) is 11.2. The Labute approximate surface area is 106 Å². The summed E-state index contributed by atoms with van der Waals surface area (Å²) in [6.45, 7) is 1.17. The Morgan fingerprint density at radius 1 is 1.24 bits per heavy atom. The second-order valence-corrected chi connectivity index (χ2v) is 5.03. The Hall–Kier alpha value is -0.930. The van der Waals surface area contributed by atoms with Crippen LogP contribution in [0, 0.1) is 0 Å². The molecule has 2 aliphatic rings. The Bertz CT molecular complexity index is 448. The van der Waals surface area contributed by atoms with Gasteiger partial charge in [0, 0.05) is 22.7 Å². The highest BCUT2D eigenvalue weighted by Crippen LogP contribution is 2.45. The molecule has 0 radical (unpaired) electrons. The average Bonchev–Trinajstić information content (AvgIpc) is 2.52. The zero-order chi connectivity index (χ0) is 11.8. The molecule has 17 heavy (non-hydrogen) atoms. The van der Waals surface area contributed by atoms with Gasteiger partial charge in [-0.2, -0.15) is 0 Å². The molecular formula is C13H16ClNO2. The second kappa shape index (κ2) is 4.39. The highest BCUT2D eigenvalue weighted by molar-refractivity contribution is 6.31. The molecular weight excluding hydrogens is 238 g/mol. The number of rotatable bonds is 0. The van der Waals surface area contributed by atoms with E-state index in [9.17, 15) is 0 Å². The summed E-state index contributed by atoms with van der Waals surface area (Å²) in [7, 11) is 0. The van der Waals surface area contributed by atoms with Crippen molar-refractivity contribution in [3.63, 3.8) is 0 Å². The third-order valence-electron chi connectivity index (χ3n) is 3.49. The van der Waals surface area contributed by atoms with E-state index in [1.807, 2.05) is 6.07 Å². The Morgan fingerprint density at radius 2 is 2.06 bits per heavy atom. The van der Waals surface area contributed by atoms with Crippen molar-refractivity contribution in [1.29, 1.82) is 0 Å². The van der Waals surface area contributed by atoms with Crippen molar-refractivity contribution < 1.29 is 9.47 Å². The van der Waals surface area contributed by atoms with Crippen LogP contribution >= 0.6 is 11.6 Å². The van der Waals surface area contributed by atoms with Gasteiger partial charge in [-0.1, -0.05) is 18.0 Å². The Morgan fingerprint density at radius 3 is 2.94 bits per heavy atom. The smallest absolute Gasteiger partial charge is 0.166 e. The number of hydrogen-bond donors (Lipinski definition) is 1. The van der Waals surface area contributed by atoms with Crippen LogP contribution in [-0.4, -0.2) is 13.2 Å². The van der Waals surface area contributed by atoms with Gasteiger partial charge in [0.05, 0.1) is 0 Å². The lowest BCUT2D eigenvalue weighted by atomic mass is 9.97. The van der Waals surface area contributed by atoms with E-state index >= 15 is 0 Å². The highest BCUT2D eigenvalue weighted by Gasteiger charge is 2.27. The van der Waals surface area contributed by atoms with E-state index in [0.717, 1.165) is 53.3 Å². The van der Waals surface area contributed by atoms with E-state index in [4.69, 9.17) is 26.8 Å². The van der Waals surface area contributed by atoms with Crippen LogP contribution < -0.4 is 15.2 Å². The van der Waals surface area contributed by atoms with Crippen LogP contribution in [0.3, 0.4) is 0 Å². The summed E-state index contributed by atoms with van der Waals surface area (Å²) >= 11 is 6.33. The Kier molecular flexibility index (Phi) is 2.89. The van der Waals surface area contributed by atoms with E-state index in [0.29, 0.717) is 13.2 Å². The molecule has 1 unspecified atom stereocenters. The molecule has 92 valence electrons. The fourth-order valence-corrected chi connectivity index (χ4v) is 2.97. The average molecular weight is 254 g/mol. The molecule has 0 saturated carbocycles. The maximum absolute atomic E-state index is 6.33. The molecule has 0 fully saturated rings. The summed E-state index contributed by atoms with van der Waals surface area (Å²) in [6, 6.07) is 1.88. The molecule has 0 aromatic heterocycles. The SMILES string of the molecule is NC1CCCCc2c(Cl)cc3c(c21)OCCO3. The molecule has 0 bridgehead atoms. The van der Waals surface area contributed by atoms with E-state index in [-0.39, 0.29) is 6.04 Å². The standard InChI is InChI=1S/C13H16ClNO2/c14-9-7-11-13(17-6-5-16-11)12-8(9)3-1-2-4-10(12)15/h7,10H,1-6,15H2. The zero-order valence-electron chi connectivity index (χ0n) is 9.67. The van der Waals surface area contributed by atoms with Crippen molar-refractivity contribution in [3.8, 4) is 11.5 Å². The minimum absolute atomic E-state index is 0.0154. The molecule has 1 aliphatic heterocycles. The summed E-state index contributed by atoms with van der Waals surface area (Å²) in [5.41, 5.74) is 8.47. The lowest BCUT2D eigenvalue weighted by molar-refractivity contribution is 0.169. The summed E-state index contributed by atoms with van der Waals surface area (Å²) in [5.74, 6) is 1.57. The van der Waals surface area contributed by atoms with Gasteiger partial charge in [-0.3, -0.25) is 0 Å². The first-order valence-electron chi connectivity index (χ1n) is 6.14. The lowest BCUT2D eigenvalue weighted by Gasteiger charge is -2.25. The summed E-state index contributed by atoms with van der Waals surface area (Å²) in [6.07, 6.45) is 4.25. The molecule has 0 amide bonds. The van der Waals surface area contributed by atoms with Crippen molar-refractivity contribution in [2.45, 2.75) is 31.7 Å². The van der Waals surface area contributed by atoms with Gasteiger partial charge in [-0.05, 0) is 24.8 Å². The molecule has 3 rings (SSSR count). The van der Waals surface area contributed by atoms with Crippen molar-refractivity contribution in [2.75, 3.05) is 13.2 Å². The molecule has 0 saturated heterocycles. The van der Waals surface area contributed by atoms with E-state index in [2.05, 4.69) is 0 Å². The molecule has 4 heteroatoms. The molecule has 2 N–H and O–H groups in total. The second-order valence-electron chi connectivity index (χ2n) is 4.63. The van der Waals surface area contributed by atoms with Gasteiger partial charge < -0.3 is 15.2 Å². The molecule has 1 aromatic carbocycles. The first-order valence-corrected chi connectivity index (χ1v) is 6.51. The maximum Gasteiger partial charge on any atom is 0.166 e. The van der Waals surface area contributed by atoms with Gasteiger partial charge in [-0.15, -0.1) is 0 Å². The molecule has 3 nitrogen and oxygen atoms in total. The Balaban J connectivity index is 2.19. The predicted molar refractivity (Wildman–Crippen MR) is 66.9 cm³/mol. The van der Waals surface area contributed by atoms with Gasteiger partial charge in [0.15, 0.2) is 11.5 Å². The molecule has 0 spiro atoms. The van der Waals surface area contributed by atoms with Crippen LogP contribution in [0.5, 0.6) is 11.5 Å².